The zero-order chi connectivity index (χ0) is 18.9. The second-order valence-corrected chi connectivity index (χ2v) is 7.82. The van der Waals surface area contributed by atoms with E-state index in [2.05, 4.69) is 4.72 Å². The normalized spacial score (nSPS) is 11.7. The number of hydrogen-bond donors (Lipinski definition) is 1. The number of carbonyl (C=O) groups is 1. The molecule has 0 spiro atoms. The highest BCUT2D eigenvalue weighted by Gasteiger charge is 2.20. The van der Waals surface area contributed by atoms with E-state index in [9.17, 15) is 13.2 Å². The van der Waals surface area contributed by atoms with Crippen LogP contribution < -0.4 is 4.72 Å². The molecule has 1 aromatic carbocycles. The van der Waals surface area contributed by atoms with Gasteiger partial charge in [-0.25, -0.2) is 13.1 Å². The summed E-state index contributed by atoms with van der Waals surface area (Å²) >= 11 is 0. The van der Waals surface area contributed by atoms with Crippen molar-refractivity contribution in [2.75, 3.05) is 47.1 Å². The van der Waals surface area contributed by atoms with Gasteiger partial charge in [-0.15, -0.1) is 0 Å². The van der Waals surface area contributed by atoms with Crippen LogP contribution in [0.5, 0.6) is 0 Å². The van der Waals surface area contributed by atoms with Crippen LogP contribution in [0.2, 0.25) is 0 Å². The molecule has 7 nitrogen and oxygen atoms in total. The van der Waals surface area contributed by atoms with Crippen molar-refractivity contribution >= 4 is 15.9 Å². The van der Waals surface area contributed by atoms with Gasteiger partial charge in [0.1, 0.15) is 0 Å². The molecule has 0 bridgehead atoms. The van der Waals surface area contributed by atoms with Crippen LogP contribution in [0.4, 0.5) is 0 Å². The third kappa shape index (κ3) is 7.11. The van der Waals surface area contributed by atoms with Gasteiger partial charge >= 0.3 is 0 Å². The Morgan fingerprint density at radius 3 is 2.48 bits per heavy atom. The van der Waals surface area contributed by atoms with E-state index in [0.29, 0.717) is 31.2 Å². The van der Waals surface area contributed by atoms with Crippen LogP contribution in [0.15, 0.2) is 29.2 Å². The molecule has 0 aromatic heterocycles. The maximum atomic E-state index is 12.8. The second-order valence-electron chi connectivity index (χ2n) is 6.06. The molecule has 0 aliphatic rings. The molecule has 25 heavy (non-hydrogen) atoms. The molecule has 0 aliphatic heterocycles. The van der Waals surface area contributed by atoms with Crippen LogP contribution in [0.3, 0.4) is 0 Å². The first-order valence-corrected chi connectivity index (χ1v) is 9.67. The zero-order valence-corrected chi connectivity index (χ0v) is 16.1. The monoisotopic (exact) mass is 372 g/mol. The van der Waals surface area contributed by atoms with Crippen LogP contribution in [-0.4, -0.2) is 66.3 Å². The van der Waals surface area contributed by atoms with Gasteiger partial charge in [-0.2, -0.15) is 0 Å². The average molecular weight is 372 g/mol. The van der Waals surface area contributed by atoms with Crippen molar-refractivity contribution in [3.8, 4) is 0 Å². The molecule has 8 heteroatoms. The summed E-state index contributed by atoms with van der Waals surface area (Å²) in [6.45, 7) is 5.94. The first kappa shape index (κ1) is 21.6. The molecule has 1 aromatic rings. The van der Waals surface area contributed by atoms with Crippen LogP contribution in [0.25, 0.3) is 0 Å². The smallest absolute Gasteiger partial charge is 0.253 e. The lowest BCUT2D eigenvalue weighted by Crippen LogP contribution is -2.37. The molecule has 142 valence electrons. The summed E-state index contributed by atoms with van der Waals surface area (Å²) in [5, 5.41) is 0. The summed E-state index contributed by atoms with van der Waals surface area (Å²) < 4.78 is 36.9. The van der Waals surface area contributed by atoms with Gasteiger partial charge in [-0.05, 0) is 24.1 Å². The molecule has 0 saturated carbocycles. The Morgan fingerprint density at radius 2 is 1.88 bits per heavy atom. The minimum absolute atomic E-state index is 0.0608. The Morgan fingerprint density at radius 1 is 1.20 bits per heavy atom. The number of nitrogens with zero attached hydrogens (tertiary/aromatic N) is 1. The molecule has 0 aliphatic carbocycles. The topological polar surface area (TPSA) is 84.9 Å². The number of benzene rings is 1. The lowest BCUT2D eigenvalue weighted by Gasteiger charge is -2.24. The molecule has 0 saturated heterocycles. The Kier molecular flexibility index (Phi) is 9.05. The molecule has 0 radical (unpaired) electrons. The molecule has 0 atom stereocenters. The number of nitrogens with one attached hydrogen (secondary N) is 1. The van der Waals surface area contributed by atoms with Gasteiger partial charge in [0.05, 0.1) is 18.1 Å². The van der Waals surface area contributed by atoms with E-state index in [1.165, 1.54) is 19.2 Å². The van der Waals surface area contributed by atoms with Crippen molar-refractivity contribution in [1.29, 1.82) is 0 Å². The first-order chi connectivity index (χ1) is 11.8. The fraction of sp³-hybridized carbons (Fsp3) is 0.588. The number of rotatable bonds is 11. The van der Waals surface area contributed by atoms with Crippen molar-refractivity contribution in [2.45, 2.75) is 18.7 Å². The van der Waals surface area contributed by atoms with Gasteiger partial charge in [-0.1, -0.05) is 19.9 Å². The molecular formula is C17H28N2O5S. The summed E-state index contributed by atoms with van der Waals surface area (Å²) in [6, 6.07) is 6.06. The van der Waals surface area contributed by atoms with E-state index in [0.717, 1.165) is 0 Å². The lowest BCUT2D eigenvalue weighted by molar-refractivity contribution is 0.0672. The van der Waals surface area contributed by atoms with Gasteiger partial charge in [0.15, 0.2) is 0 Å². The average Bonchev–Trinajstić information content (AvgIpc) is 2.58. The molecule has 0 unspecified atom stereocenters. The standard InChI is InChI=1S/C17H28N2O5S/c1-14(2)13-19(9-11-24-4)17(20)15-6-5-7-16(12-15)25(21,22)18-8-10-23-3/h5-7,12,14,18H,8-11,13H2,1-4H3. The molecule has 1 N–H and O–H groups in total. The van der Waals surface area contributed by atoms with Crippen molar-refractivity contribution in [2.24, 2.45) is 5.92 Å². The van der Waals surface area contributed by atoms with E-state index < -0.39 is 10.0 Å². The fourth-order valence-electron chi connectivity index (χ4n) is 2.26. The lowest BCUT2D eigenvalue weighted by atomic mass is 10.1. The predicted octanol–water partition coefficient (Wildman–Crippen LogP) is 1.36. The fourth-order valence-corrected chi connectivity index (χ4v) is 3.32. The largest absolute Gasteiger partial charge is 0.383 e. The SMILES string of the molecule is COCCNS(=O)(=O)c1cccc(C(=O)N(CCOC)CC(C)C)c1. The quantitative estimate of drug-likeness (QED) is 0.593. The third-order valence-corrected chi connectivity index (χ3v) is 4.89. The van der Waals surface area contributed by atoms with Crippen LogP contribution in [0.1, 0.15) is 24.2 Å². The maximum absolute atomic E-state index is 12.8. The second kappa shape index (κ2) is 10.5. The van der Waals surface area contributed by atoms with E-state index in [1.54, 1.807) is 24.1 Å². The van der Waals surface area contributed by atoms with Crippen molar-refractivity contribution in [1.82, 2.24) is 9.62 Å². The van der Waals surface area contributed by atoms with Gasteiger partial charge in [0.25, 0.3) is 5.91 Å². The van der Waals surface area contributed by atoms with Crippen LogP contribution in [0, 0.1) is 5.92 Å². The predicted molar refractivity (Wildman–Crippen MR) is 96.1 cm³/mol. The van der Waals surface area contributed by atoms with E-state index in [4.69, 9.17) is 9.47 Å². The van der Waals surface area contributed by atoms with Crippen molar-refractivity contribution < 1.29 is 22.7 Å². The molecular weight excluding hydrogens is 344 g/mol. The Labute approximate surface area is 150 Å². The summed E-state index contributed by atoms with van der Waals surface area (Å²) in [4.78, 5) is 14.5. The molecule has 0 fully saturated rings. The number of sulfonamides is 1. The molecule has 1 amide bonds. The molecule has 0 heterocycles. The number of amides is 1. The maximum Gasteiger partial charge on any atom is 0.253 e. The highest BCUT2D eigenvalue weighted by atomic mass is 32.2. The number of methoxy groups -OCH3 is 2. The Bertz CT molecular complexity index is 646. The van der Waals surface area contributed by atoms with Crippen LogP contribution in [-0.2, 0) is 19.5 Å². The van der Waals surface area contributed by atoms with Crippen LogP contribution >= 0.6 is 0 Å². The highest BCUT2D eigenvalue weighted by Crippen LogP contribution is 2.14. The van der Waals surface area contributed by atoms with Gasteiger partial charge < -0.3 is 14.4 Å². The van der Waals surface area contributed by atoms with E-state index in [1.807, 2.05) is 13.8 Å². The number of hydrogen-bond acceptors (Lipinski definition) is 5. The van der Waals surface area contributed by atoms with Gasteiger partial charge in [0, 0.05) is 39.4 Å². The minimum Gasteiger partial charge on any atom is -0.383 e. The highest BCUT2D eigenvalue weighted by molar-refractivity contribution is 7.89. The zero-order valence-electron chi connectivity index (χ0n) is 15.3. The number of carbonyl (C=O) groups excluding carboxylic acids is 1. The summed E-state index contributed by atoms with van der Waals surface area (Å²) in [5.74, 6) is 0.0862. The van der Waals surface area contributed by atoms with Crippen molar-refractivity contribution in [3.05, 3.63) is 29.8 Å². The van der Waals surface area contributed by atoms with E-state index >= 15 is 0 Å². The van der Waals surface area contributed by atoms with E-state index in [-0.39, 0.29) is 24.0 Å². The summed E-state index contributed by atoms with van der Waals surface area (Å²) in [7, 11) is -0.602. The van der Waals surface area contributed by atoms with Gasteiger partial charge in [0.2, 0.25) is 10.0 Å². The first-order valence-electron chi connectivity index (χ1n) is 8.18. The van der Waals surface area contributed by atoms with Gasteiger partial charge in [-0.3, -0.25) is 4.79 Å². The summed E-state index contributed by atoms with van der Waals surface area (Å²) in [6.07, 6.45) is 0. The molecule has 1 rings (SSSR count). The number of ether oxygens (including phenoxy) is 2. The van der Waals surface area contributed by atoms with Crippen molar-refractivity contribution in [3.63, 3.8) is 0 Å². The minimum atomic E-state index is -3.68. The Balaban J connectivity index is 2.98. The summed E-state index contributed by atoms with van der Waals surface area (Å²) in [5.41, 5.74) is 0.339. The Hall–Kier alpha value is -1.48. The third-order valence-electron chi connectivity index (χ3n) is 3.43.